The first kappa shape index (κ1) is 47.3. The number of fused-ring (bicyclic) bond motifs is 8. The highest BCUT2D eigenvalue weighted by molar-refractivity contribution is 6.88. The Morgan fingerprint density at radius 1 is 1.04 bits per heavy atom. The van der Waals surface area contributed by atoms with Crippen LogP contribution in [0.4, 0.5) is 4.79 Å². The van der Waals surface area contributed by atoms with Crippen molar-refractivity contribution in [1.29, 1.82) is 0 Å². The van der Waals surface area contributed by atoms with Gasteiger partial charge in [0.1, 0.15) is 18.2 Å². The number of ether oxygens (including phenoxy) is 2. The van der Waals surface area contributed by atoms with Crippen molar-refractivity contribution in [2.75, 3.05) is 40.4 Å². The van der Waals surface area contributed by atoms with E-state index in [-0.39, 0.29) is 60.2 Å². The lowest BCUT2D eigenvalue weighted by atomic mass is 9.67. The number of benzene rings is 2. The molecule has 0 spiro atoms. The van der Waals surface area contributed by atoms with E-state index in [1.807, 2.05) is 31.3 Å². The summed E-state index contributed by atoms with van der Waals surface area (Å²) in [7, 11) is 0.948. The van der Waals surface area contributed by atoms with Gasteiger partial charge in [0.2, 0.25) is 17.3 Å². The molecule has 15 heteroatoms. The Morgan fingerprint density at radius 2 is 1.82 bits per heavy atom. The van der Waals surface area contributed by atoms with Crippen molar-refractivity contribution in [2.45, 2.75) is 110 Å². The van der Waals surface area contributed by atoms with Crippen molar-refractivity contribution in [3.8, 4) is 34.2 Å². The molecule has 1 saturated carbocycles. The van der Waals surface area contributed by atoms with Crippen LogP contribution >= 0.6 is 0 Å². The van der Waals surface area contributed by atoms with Crippen molar-refractivity contribution >= 4 is 49.1 Å². The van der Waals surface area contributed by atoms with E-state index in [1.165, 1.54) is 5.01 Å². The van der Waals surface area contributed by atoms with E-state index in [2.05, 4.69) is 84.0 Å². The van der Waals surface area contributed by atoms with Crippen LogP contribution in [0.3, 0.4) is 0 Å². The molecule has 6 bridgehead atoms. The summed E-state index contributed by atoms with van der Waals surface area (Å²) in [6, 6.07) is 17.5. The van der Waals surface area contributed by atoms with E-state index in [9.17, 15) is 24.0 Å². The van der Waals surface area contributed by atoms with E-state index in [4.69, 9.17) is 14.5 Å². The topological polar surface area (TPSA) is 155 Å². The van der Waals surface area contributed by atoms with Gasteiger partial charge in [-0.25, -0.2) is 5.43 Å². The second-order valence-corrected chi connectivity index (χ2v) is 22.1. The fourth-order valence-electron chi connectivity index (χ4n) is 11.9. The number of nitrogens with zero attached hydrogens (tertiary/aromatic N) is 5. The molecular weight excluding hydrogens is 875 g/mol. The molecule has 1 unspecified atom stereocenters. The Kier molecular flexibility index (Phi) is 13.4. The zero-order valence-electron chi connectivity index (χ0n) is 40.4. The number of nitrogens with one attached hydrogen (secondary N) is 2. The maximum atomic E-state index is 15.0. The summed E-state index contributed by atoms with van der Waals surface area (Å²) >= 11 is 0. The van der Waals surface area contributed by atoms with Crippen LogP contribution < -0.4 is 10.4 Å². The van der Waals surface area contributed by atoms with Crippen molar-refractivity contribution in [3.63, 3.8) is 0 Å². The minimum atomic E-state index is -2.47. The molecule has 1 radical (unpaired) electrons. The summed E-state index contributed by atoms with van der Waals surface area (Å²) in [6.07, 6.45) is 5.87. The average molecular weight is 939 g/mol. The maximum absolute atomic E-state index is 15.0. The summed E-state index contributed by atoms with van der Waals surface area (Å²) in [5.74, 6) is 3.03. The van der Waals surface area contributed by atoms with Crippen LogP contribution in [0.15, 0.2) is 60.8 Å². The first-order chi connectivity index (χ1) is 32.7. The van der Waals surface area contributed by atoms with Gasteiger partial charge in [0.25, 0.3) is 14.9 Å². The Hall–Kier alpha value is -5.82. The first-order valence-electron chi connectivity index (χ1n) is 24.4. The van der Waals surface area contributed by atoms with Crippen LogP contribution in [-0.4, -0.2) is 115 Å². The number of hydrogen-bond donors (Lipinski definition) is 2. The highest BCUT2D eigenvalue weighted by Crippen LogP contribution is 2.57. The van der Waals surface area contributed by atoms with Gasteiger partial charge in [-0.1, -0.05) is 69.9 Å². The predicted molar refractivity (Wildman–Crippen MR) is 261 cm³/mol. The van der Waals surface area contributed by atoms with Gasteiger partial charge in [0.05, 0.1) is 23.9 Å². The number of likely N-dealkylation sites (N-methyl/N-ethyl adjacent to an activating group) is 1. The summed E-state index contributed by atoms with van der Waals surface area (Å²) in [5.41, 5.74) is 10.4. The third kappa shape index (κ3) is 8.64. The molecule has 6 atom stereocenters. The number of amides is 4. The number of likely N-dealkylation sites (tertiary alicyclic amines) is 1. The molecule has 5 heterocycles. The summed E-state index contributed by atoms with van der Waals surface area (Å²) in [6.45, 7) is 11.8. The fourth-order valence-corrected chi connectivity index (χ4v) is 13.8. The second kappa shape index (κ2) is 19.3. The zero-order chi connectivity index (χ0) is 48.0. The number of carbonyl (C=O) groups is 5. The lowest BCUT2D eigenvalue weighted by Gasteiger charge is -2.42. The van der Waals surface area contributed by atoms with Crippen molar-refractivity contribution in [1.82, 2.24) is 34.8 Å². The minimum Gasteiger partial charge on any atom is -0.464 e. The molecule has 3 fully saturated rings. The molecule has 357 valence electrons. The Balaban J connectivity index is 1.10. The molecule has 2 aromatic carbocycles. The van der Waals surface area contributed by atoms with Gasteiger partial charge in [-0.05, 0) is 110 Å². The third-order valence-electron chi connectivity index (χ3n) is 15.3. The van der Waals surface area contributed by atoms with Crippen LogP contribution in [-0.2, 0) is 41.2 Å². The number of esters is 1. The second-order valence-electron chi connectivity index (χ2n) is 20.1. The van der Waals surface area contributed by atoms with E-state index in [0.29, 0.717) is 25.9 Å². The molecule has 2 N–H and O–H groups in total. The predicted octanol–water partition coefficient (Wildman–Crippen LogP) is 6.75. The normalized spacial score (nSPS) is 24.4. The molecule has 2 aromatic heterocycles. The average Bonchev–Trinajstić information content (AvgIpc) is 4.10. The first-order valence-corrected chi connectivity index (χ1v) is 26.1. The van der Waals surface area contributed by atoms with Gasteiger partial charge in [0, 0.05) is 74.3 Å². The molecule has 2 saturated heterocycles. The van der Waals surface area contributed by atoms with Gasteiger partial charge < -0.3 is 28.8 Å². The van der Waals surface area contributed by atoms with Gasteiger partial charge in [-0.15, -0.1) is 0 Å². The van der Waals surface area contributed by atoms with Gasteiger partial charge >= 0.3 is 5.97 Å². The fraction of sp³-hybridized carbons (Fsp3) is 0.509. The number of methoxy groups -OCH3 is 1. The van der Waals surface area contributed by atoms with Gasteiger partial charge in [-0.3, -0.25) is 34.0 Å². The number of rotatable bonds is 7. The summed E-state index contributed by atoms with van der Waals surface area (Å²) in [4.78, 5) is 82.7. The highest BCUT2D eigenvalue weighted by atomic mass is 28.3. The monoisotopic (exact) mass is 938 g/mol. The van der Waals surface area contributed by atoms with E-state index >= 15 is 0 Å². The Morgan fingerprint density at radius 3 is 2.57 bits per heavy atom. The highest BCUT2D eigenvalue weighted by Gasteiger charge is 2.48. The van der Waals surface area contributed by atoms with Crippen molar-refractivity contribution in [2.24, 2.45) is 23.2 Å². The largest absolute Gasteiger partial charge is 0.464 e. The number of pyridine rings is 1. The molecule has 4 aromatic rings. The number of hydrazine groups is 1. The summed E-state index contributed by atoms with van der Waals surface area (Å²) < 4.78 is 15.0. The SMILES string of the molecule is CC#CC(=O)N1C[C@H](C)[C@H](C(=O)N(C)[C@H](C(=O)N[Si]2Cc3cccc(c3)-c3ccc4c(c3)c3c(n4CC)-c4cccnc4[C@@H](OC)C3C(C)(C)COC(=O)[C@@H]3CCCN(N3)C2=O)C2CCCC2)C1. The number of carbonyl (C=O) groups excluding carboxylic acids is 5. The Bertz CT molecular complexity index is 2700. The lowest BCUT2D eigenvalue weighted by molar-refractivity contribution is -0.153. The minimum absolute atomic E-state index is 0.0886. The van der Waals surface area contributed by atoms with E-state index < -0.39 is 44.4 Å². The zero-order valence-corrected chi connectivity index (χ0v) is 41.4. The maximum Gasteiger partial charge on any atom is 0.324 e. The quantitative estimate of drug-likeness (QED) is 0.116. The Labute approximate surface area is 401 Å². The van der Waals surface area contributed by atoms with Crippen molar-refractivity contribution < 1.29 is 33.4 Å². The molecule has 3 aliphatic heterocycles. The third-order valence-corrected chi connectivity index (χ3v) is 17.4. The van der Waals surface area contributed by atoms with E-state index in [1.54, 1.807) is 30.9 Å². The molecule has 4 amide bonds. The standard InChI is InChI=1S/C53H64N7O7Si/c1-8-15-42(61)58-28-32(3)39(29-58)50(63)57(6)46(34-17-10-11-18-34)49(62)56-68-30-33-16-12-19-35(26-33)36-22-23-41-38(27-36)43-44(48(66-7)45-37(20-13-24-54-45)47(43)59(41)9-2)53(4,5)31-67-51(64)40-21-14-25-60(55-40)52(68)65/h12-13,16,19-20,22-24,26-27,32,34,39-40,44,46,48,55H,9-11,14,17-18,21,25,28-31H2,1-7H3,(H,56,62)/t32-,39+,40-,44?,46-,48-/m0/s1. The molecule has 2 aliphatic carbocycles. The smallest absolute Gasteiger partial charge is 0.324 e. The van der Waals surface area contributed by atoms with E-state index in [0.717, 1.165) is 82.3 Å². The number of cyclic esters (lactones) is 1. The number of aromatic nitrogens is 2. The van der Waals surface area contributed by atoms with Gasteiger partial charge in [0.15, 0.2) is 0 Å². The molecule has 5 aliphatic rings. The van der Waals surface area contributed by atoms with Crippen LogP contribution in [0.25, 0.3) is 33.3 Å². The van der Waals surface area contributed by atoms with Crippen LogP contribution in [0.1, 0.15) is 102 Å². The van der Waals surface area contributed by atoms with Crippen LogP contribution in [0.5, 0.6) is 0 Å². The van der Waals surface area contributed by atoms with Crippen molar-refractivity contribution in [3.05, 3.63) is 77.6 Å². The molecular formula is C53H64N7O7Si. The molecule has 68 heavy (non-hydrogen) atoms. The van der Waals surface area contributed by atoms with Crippen LogP contribution in [0.2, 0.25) is 0 Å². The molecule has 14 nitrogen and oxygen atoms in total. The number of hydrogen-bond acceptors (Lipinski definition) is 9. The lowest BCUT2D eigenvalue weighted by Crippen LogP contribution is -2.64. The van der Waals surface area contributed by atoms with Crippen LogP contribution in [0, 0.1) is 35.0 Å². The summed E-state index contributed by atoms with van der Waals surface area (Å²) in [5, 5.41) is 2.60. The molecule has 9 rings (SSSR count). The van der Waals surface area contributed by atoms with Gasteiger partial charge in [-0.2, -0.15) is 0 Å². The number of aryl methyl sites for hydroxylation is 1.